The molecule has 0 bridgehead atoms. The Bertz CT molecular complexity index is 272. The molecule has 0 spiro atoms. The van der Waals surface area contributed by atoms with Gasteiger partial charge in [0.25, 0.3) is 0 Å². The van der Waals surface area contributed by atoms with Gasteiger partial charge in [0.2, 0.25) is 5.91 Å². The topological polar surface area (TPSA) is 32.3 Å². The fourth-order valence-electron chi connectivity index (χ4n) is 3.00. The molecule has 0 aliphatic carbocycles. The van der Waals surface area contributed by atoms with Gasteiger partial charge in [-0.15, -0.1) is 12.4 Å². The summed E-state index contributed by atoms with van der Waals surface area (Å²) in [4.78, 5) is 14.7. The Morgan fingerprint density at radius 1 is 1.26 bits per heavy atom. The molecule has 0 aromatic heterocycles. The number of carbonyl (C=O) groups excluding carboxylic acids is 1. The van der Waals surface area contributed by atoms with E-state index in [0.717, 1.165) is 39.0 Å². The fraction of sp³-hybridized carbons (Fsp3) is 0.929. The van der Waals surface area contributed by atoms with Crippen LogP contribution in [0, 0.1) is 5.92 Å². The van der Waals surface area contributed by atoms with E-state index >= 15 is 0 Å². The van der Waals surface area contributed by atoms with E-state index in [1.165, 1.54) is 25.0 Å². The maximum Gasteiger partial charge on any atom is 0.225 e. The average Bonchev–Trinajstić information content (AvgIpc) is 2.65. The molecule has 112 valence electrons. The molecule has 0 saturated carbocycles. The van der Waals surface area contributed by atoms with Gasteiger partial charge in [0.15, 0.2) is 0 Å². The number of rotatable bonds is 3. The number of piperidine rings is 1. The van der Waals surface area contributed by atoms with Gasteiger partial charge in [-0.3, -0.25) is 4.79 Å². The van der Waals surface area contributed by atoms with E-state index < -0.39 is 0 Å². The van der Waals surface area contributed by atoms with Crippen LogP contribution < -0.4 is 5.32 Å². The number of hydrogen-bond acceptors (Lipinski definition) is 3. The van der Waals surface area contributed by atoms with E-state index in [1.54, 1.807) is 0 Å². The van der Waals surface area contributed by atoms with E-state index in [-0.39, 0.29) is 18.3 Å². The molecule has 2 aliphatic heterocycles. The number of nitrogens with one attached hydrogen (secondary N) is 1. The molecular weight excluding hydrogens is 280 g/mol. The summed E-state index contributed by atoms with van der Waals surface area (Å²) in [5.41, 5.74) is 0. The Balaban J connectivity index is 0.00000180. The highest BCUT2D eigenvalue weighted by molar-refractivity contribution is 7.99. The first-order valence-electron chi connectivity index (χ1n) is 7.42. The minimum Gasteiger partial charge on any atom is -0.341 e. The standard InChI is InChI=1S/C14H26N2OS.ClH/c1-2-18-13-5-3-4-10-16(11-13)14(17)12-6-8-15-9-7-12;/h12-13,15H,2-11H2,1H3;1H. The molecule has 0 aromatic carbocycles. The summed E-state index contributed by atoms with van der Waals surface area (Å²) >= 11 is 2.03. The van der Waals surface area contributed by atoms with Gasteiger partial charge in [-0.05, 0) is 44.5 Å². The zero-order chi connectivity index (χ0) is 12.8. The monoisotopic (exact) mass is 306 g/mol. The molecule has 5 heteroatoms. The van der Waals surface area contributed by atoms with Crippen molar-refractivity contribution < 1.29 is 4.79 Å². The van der Waals surface area contributed by atoms with Crippen LogP contribution in [0.3, 0.4) is 0 Å². The molecule has 2 aliphatic rings. The summed E-state index contributed by atoms with van der Waals surface area (Å²) in [5, 5.41) is 4.01. The van der Waals surface area contributed by atoms with Gasteiger partial charge in [-0.2, -0.15) is 11.8 Å². The quantitative estimate of drug-likeness (QED) is 0.870. The van der Waals surface area contributed by atoms with Crippen molar-refractivity contribution in [3.63, 3.8) is 0 Å². The predicted octanol–water partition coefficient (Wildman–Crippen LogP) is 2.54. The van der Waals surface area contributed by atoms with Crippen LogP contribution in [0.25, 0.3) is 0 Å². The van der Waals surface area contributed by atoms with Crippen molar-refractivity contribution in [2.75, 3.05) is 31.9 Å². The van der Waals surface area contributed by atoms with Crippen LogP contribution in [0.2, 0.25) is 0 Å². The van der Waals surface area contributed by atoms with Crippen LogP contribution in [0.5, 0.6) is 0 Å². The number of likely N-dealkylation sites (tertiary alicyclic amines) is 1. The first-order chi connectivity index (χ1) is 8.81. The third-order valence-corrected chi connectivity index (χ3v) is 5.22. The largest absolute Gasteiger partial charge is 0.341 e. The summed E-state index contributed by atoms with van der Waals surface area (Å²) in [5.74, 6) is 1.89. The Kier molecular flexibility index (Phi) is 8.19. The second-order valence-electron chi connectivity index (χ2n) is 5.38. The Labute approximate surface area is 127 Å². The minimum absolute atomic E-state index is 0. The molecule has 2 saturated heterocycles. The molecular formula is C14H27ClN2OS. The highest BCUT2D eigenvalue weighted by Gasteiger charge is 2.28. The van der Waals surface area contributed by atoms with E-state index in [4.69, 9.17) is 0 Å². The smallest absolute Gasteiger partial charge is 0.225 e. The molecule has 2 heterocycles. The summed E-state index contributed by atoms with van der Waals surface area (Å²) in [7, 11) is 0. The summed E-state index contributed by atoms with van der Waals surface area (Å²) in [6.07, 6.45) is 5.82. The minimum atomic E-state index is 0. The van der Waals surface area contributed by atoms with Crippen molar-refractivity contribution in [1.29, 1.82) is 0 Å². The summed E-state index contributed by atoms with van der Waals surface area (Å²) in [6, 6.07) is 0. The van der Waals surface area contributed by atoms with Crippen LogP contribution in [-0.4, -0.2) is 48.0 Å². The Morgan fingerprint density at radius 3 is 2.68 bits per heavy atom. The van der Waals surface area contributed by atoms with Crippen molar-refractivity contribution >= 4 is 30.1 Å². The van der Waals surface area contributed by atoms with E-state index in [2.05, 4.69) is 17.1 Å². The van der Waals surface area contributed by atoms with Crippen molar-refractivity contribution in [2.45, 2.75) is 44.3 Å². The molecule has 2 fully saturated rings. The second-order valence-corrected chi connectivity index (χ2v) is 6.96. The molecule has 2 rings (SSSR count). The Hall–Kier alpha value is 0.0700. The van der Waals surface area contributed by atoms with Gasteiger partial charge in [0.05, 0.1) is 0 Å². The first-order valence-corrected chi connectivity index (χ1v) is 8.47. The first kappa shape index (κ1) is 17.1. The van der Waals surface area contributed by atoms with Gasteiger partial charge in [0.1, 0.15) is 0 Å². The number of nitrogens with zero attached hydrogens (tertiary/aromatic N) is 1. The number of thioether (sulfide) groups is 1. The zero-order valence-corrected chi connectivity index (χ0v) is 13.5. The molecule has 1 amide bonds. The van der Waals surface area contributed by atoms with Gasteiger partial charge in [-0.25, -0.2) is 0 Å². The maximum atomic E-state index is 12.5. The molecule has 1 N–H and O–H groups in total. The second kappa shape index (κ2) is 9.09. The molecule has 3 nitrogen and oxygen atoms in total. The van der Waals surface area contributed by atoms with Crippen molar-refractivity contribution in [3.05, 3.63) is 0 Å². The maximum absolute atomic E-state index is 12.5. The number of halogens is 1. The molecule has 1 unspecified atom stereocenters. The lowest BCUT2D eigenvalue weighted by molar-refractivity contribution is -0.136. The summed E-state index contributed by atoms with van der Waals surface area (Å²) < 4.78 is 0. The van der Waals surface area contributed by atoms with Crippen molar-refractivity contribution in [1.82, 2.24) is 10.2 Å². The lowest BCUT2D eigenvalue weighted by Crippen LogP contribution is -2.43. The molecule has 19 heavy (non-hydrogen) atoms. The van der Waals surface area contributed by atoms with E-state index in [1.807, 2.05) is 11.8 Å². The molecule has 0 aromatic rings. The zero-order valence-electron chi connectivity index (χ0n) is 11.9. The lowest BCUT2D eigenvalue weighted by Gasteiger charge is -2.30. The summed E-state index contributed by atoms with van der Waals surface area (Å²) in [6.45, 7) is 6.22. The SMILES string of the molecule is CCSC1CCCCN(C(=O)C2CCNCC2)C1.Cl. The van der Waals surface area contributed by atoms with E-state index in [9.17, 15) is 4.79 Å². The third kappa shape index (κ3) is 5.16. The van der Waals surface area contributed by atoms with Crippen molar-refractivity contribution in [2.24, 2.45) is 5.92 Å². The van der Waals surface area contributed by atoms with Crippen LogP contribution >= 0.6 is 24.2 Å². The van der Waals surface area contributed by atoms with Gasteiger partial charge < -0.3 is 10.2 Å². The Morgan fingerprint density at radius 2 is 2.00 bits per heavy atom. The predicted molar refractivity (Wildman–Crippen MR) is 85.2 cm³/mol. The number of amides is 1. The van der Waals surface area contributed by atoms with Crippen molar-refractivity contribution in [3.8, 4) is 0 Å². The lowest BCUT2D eigenvalue weighted by atomic mass is 9.96. The highest BCUT2D eigenvalue weighted by Crippen LogP contribution is 2.24. The van der Waals surface area contributed by atoms with Crippen LogP contribution in [0.4, 0.5) is 0 Å². The third-order valence-electron chi connectivity index (χ3n) is 4.03. The number of carbonyl (C=O) groups is 1. The van der Waals surface area contributed by atoms with Gasteiger partial charge >= 0.3 is 0 Å². The van der Waals surface area contributed by atoms with Gasteiger partial charge in [0, 0.05) is 24.3 Å². The highest BCUT2D eigenvalue weighted by atomic mass is 35.5. The average molecular weight is 307 g/mol. The molecule has 0 radical (unpaired) electrons. The van der Waals surface area contributed by atoms with E-state index in [0.29, 0.717) is 11.2 Å². The van der Waals surface area contributed by atoms with Crippen LogP contribution in [0.15, 0.2) is 0 Å². The number of hydrogen-bond donors (Lipinski definition) is 1. The van der Waals surface area contributed by atoms with Gasteiger partial charge in [-0.1, -0.05) is 13.3 Å². The normalized spacial score (nSPS) is 25.5. The van der Waals surface area contributed by atoms with Crippen LogP contribution in [0.1, 0.15) is 39.0 Å². The fourth-order valence-corrected chi connectivity index (χ4v) is 4.09. The van der Waals surface area contributed by atoms with Crippen LogP contribution in [-0.2, 0) is 4.79 Å². The molecule has 1 atom stereocenters.